The fourth-order valence-corrected chi connectivity index (χ4v) is 4.20. The highest BCUT2D eigenvalue weighted by Crippen LogP contribution is 2.32. The number of hydrogen-bond acceptors (Lipinski definition) is 3. The van der Waals surface area contributed by atoms with Gasteiger partial charge < -0.3 is 5.11 Å². The van der Waals surface area contributed by atoms with Gasteiger partial charge in [0.05, 0.1) is 5.02 Å². The minimum atomic E-state index is -3.58. The Hall–Kier alpha value is -0.330. The number of benzene rings is 1. The van der Waals surface area contributed by atoms with Crippen molar-refractivity contribution in [3.05, 3.63) is 27.7 Å². The smallest absolute Gasteiger partial charge is 0.244 e. The average molecular weight is 310 g/mol. The van der Waals surface area contributed by atoms with Gasteiger partial charge in [0.2, 0.25) is 10.0 Å². The van der Waals surface area contributed by atoms with Gasteiger partial charge in [-0.25, -0.2) is 8.42 Å². The first-order valence-corrected chi connectivity index (χ1v) is 7.62. The van der Waals surface area contributed by atoms with Crippen LogP contribution in [0.15, 0.2) is 17.0 Å². The summed E-state index contributed by atoms with van der Waals surface area (Å²) in [6, 6.07) is 2.92. The van der Waals surface area contributed by atoms with E-state index in [2.05, 4.69) is 0 Å². The highest BCUT2D eigenvalue weighted by molar-refractivity contribution is 7.89. The number of nitrogens with zero attached hydrogens (tertiary/aromatic N) is 1. The van der Waals surface area contributed by atoms with Gasteiger partial charge in [0.1, 0.15) is 4.90 Å². The zero-order chi connectivity index (χ0) is 13.5. The Morgan fingerprint density at radius 1 is 1.33 bits per heavy atom. The molecule has 0 unspecified atom stereocenters. The number of aliphatic hydroxyl groups excluding tert-OH is 1. The van der Waals surface area contributed by atoms with Crippen LogP contribution >= 0.6 is 23.2 Å². The monoisotopic (exact) mass is 309 g/mol. The Kier molecular flexibility index (Phi) is 3.90. The summed E-state index contributed by atoms with van der Waals surface area (Å²) in [6.45, 7) is 2.39. The molecule has 0 aliphatic carbocycles. The third-order valence-electron chi connectivity index (χ3n) is 3.01. The maximum atomic E-state index is 12.3. The predicted octanol–water partition coefficient (Wildman–Crippen LogP) is 1.91. The van der Waals surface area contributed by atoms with Crippen LogP contribution in [0.5, 0.6) is 0 Å². The van der Waals surface area contributed by atoms with Crippen molar-refractivity contribution in [3.63, 3.8) is 0 Å². The van der Waals surface area contributed by atoms with Crippen molar-refractivity contribution in [3.8, 4) is 0 Å². The van der Waals surface area contributed by atoms with Gasteiger partial charge in [-0.2, -0.15) is 4.31 Å². The Morgan fingerprint density at radius 3 is 2.50 bits per heavy atom. The Morgan fingerprint density at radius 2 is 1.94 bits per heavy atom. The molecule has 1 heterocycles. The average Bonchev–Trinajstić information content (AvgIpc) is 2.21. The van der Waals surface area contributed by atoms with Crippen LogP contribution in [-0.2, 0) is 10.0 Å². The molecule has 0 spiro atoms. The SMILES string of the molecule is Cc1cc(S(=O)(=O)N2CC(CO)C2)c(Cl)cc1Cl. The van der Waals surface area contributed by atoms with E-state index in [0.717, 1.165) is 0 Å². The molecule has 1 fully saturated rings. The Balaban J connectivity index is 2.34. The summed E-state index contributed by atoms with van der Waals surface area (Å²) >= 11 is 11.8. The third kappa shape index (κ3) is 2.38. The molecule has 0 saturated carbocycles. The maximum Gasteiger partial charge on any atom is 0.244 e. The van der Waals surface area contributed by atoms with Crippen LogP contribution in [-0.4, -0.2) is 37.5 Å². The molecule has 7 heteroatoms. The van der Waals surface area contributed by atoms with Gasteiger partial charge in [-0.3, -0.25) is 0 Å². The molecule has 4 nitrogen and oxygen atoms in total. The molecule has 0 radical (unpaired) electrons. The number of rotatable bonds is 3. The Labute approximate surface area is 116 Å². The largest absolute Gasteiger partial charge is 0.396 e. The lowest BCUT2D eigenvalue weighted by molar-refractivity contribution is 0.117. The van der Waals surface area contributed by atoms with Crippen molar-refractivity contribution in [2.24, 2.45) is 5.92 Å². The minimum Gasteiger partial charge on any atom is -0.396 e. The summed E-state index contributed by atoms with van der Waals surface area (Å²) in [4.78, 5) is 0.0717. The second-order valence-corrected chi connectivity index (χ2v) is 7.12. The number of sulfonamides is 1. The number of aliphatic hydroxyl groups is 1. The second-order valence-electron chi connectivity index (χ2n) is 4.40. The quantitative estimate of drug-likeness (QED) is 0.928. The van der Waals surface area contributed by atoms with Crippen LogP contribution in [0.2, 0.25) is 10.0 Å². The zero-order valence-electron chi connectivity index (χ0n) is 9.73. The van der Waals surface area contributed by atoms with Crippen molar-refractivity contribution in [2.45, 2.75) is 11.8 Å². The normalized spacial score (nSPS) is 17.8. The first-order chi connectivity index (χ1) is 8.36. The van der Waals surface area contributed by atoms with Crippen LogP contribution < -0.4 is 0 Å². The molecule has 2 rings (SSSR count). The summed E-state index contributed by atoms with van der Waals surface area (Å²) in [6.07, 6.45) is 0. The lowest BCUT2D eigenvalue weighted by Crippen LogP contribution is -2.51. The standard InChI is InChI=1S/C11H13Cl2NO3S/c1-7-2-11(10(13)3-9(7)12)18(16,17)14-4-8(5-14)6-15/h2-3,8,15H,4-6H2,1H3. The van der Waals surface area contributed by atoms with Crippen LogP contribution in [0.4, 0.5) is 0 Å². The molecule has 0 atom stereocenters. The molecule has 1 saturated heterocycles. The van der Waals surface area contributed by atoms with Gasteiger partial charge in [-0.1, -0.05) is 23.2 Å². The number of aryl methyl sites for hydroxylation is 1. The van der Waals surface area contributed by atoms with Crippen molar-refractivity contribution in [1.82, 2.24) is 4.31 Å². The molecule has 0 aromatic heterocycles. The lowest BCUT2D eigenvalue weighted by atomic mass is 10.1. The summed E-state index contributed by atoms with van der Waals surface area (Å²) in [7, 11) is -3.58. The molecular formula is C11H13Cl2NO3S. The minimum absolute atomic E-state index is 0.000597. The molecule has 18 heavy (non-hydrogen) atoms. The highest BCUT2D eigenvalue weighted by Gasteiger charge is 2.37. The van der Waals surface area contributed by atoms with E-state index in [1.165, 1.54) is 16.4 Å². The van der Waals surface area contributed by atoms with E-state index in [4.69, 9.17) is 28.3 Å². The molecular weight excluding hydrogens is 297 g/mol. The van der Waals surface area contributed by atoms with Gasteiger partial charge in [0.15, 0.2) is 0 Å². The van der Waals surface area contributed by atoms with Crippen LogP contribution in [0.25, 0.3) is 0 Å². The molecule has 1 aromatic rings. The molecule has 1 aromatic carbocycles. The summed E-state index contributed by atoms with van der Waals surface area (Å²) in [5, 5.41) is 9.47. The summed E-state index contributed by atoms with van der Waals surface area (Å²) < 4.78 is 25.9. The summed E-state index contributed by atoms with van der Waals surface area (Å²) in [5.74, 6) is 0.0203. The molecule has 0 amide bonds. The predicted molar refractivity (Wildman–Crippen MR) is 70.5 cm³/mol. The van der Waals surface area contributed by atoms with Crippen LogP contribution in [0.3, 0.4) is 0 Å². The fraction of sp³-hybridized carbons (Fsp3) is 0.455. The highest BCUT2D eigenvalue weighted by atomic mass is 35.5. The first kappa shape index (κ1) is 14.1. The van der Waals surface area contributed by atoms with E-state index in [9.17, 15) is 8.42 Å². The zero-order valence-corrected chi connectivity index (χ0v) is 12.1. The lowest BCUT2D eigenvalue weighted by Gasteiger charge is -2.37. The number of hydrogen-bond donors (Lipinski definition) is 1. The fourth-order valence-electron chi connectivity index (χ4n) is 1.80. The van der Waals surface area contributed by atoms with Gasteiger partial charge in [-0.15, -0.1) is 0 Å². The molecule has 1 N–H and O–H groups in total. The molecule has 1 aliphatic rings. The second kappa shape index (κ2) is 4.98. The van der Waals surface area contributed by atoms with E-state index < -0.39 is 10.0 Å². The van der Waals surface area contributed by atoms with E-state index >= 15 is 0 Å². The van der Waals surface area contributed by atoms with E-state index in [1.54, 1.807) is 6.92 Å². The van der Waals surface area contributed by atoms with Crippen molar-refractivity contribution < 1.29 is 13.5 Å². The van der Waals surface area contributed by atoms with Gasteiger partial charge >= 0.3 is 0 Å². The van der Waals surface area contributed by atoms with Gasteiger partial charge in [0, 0.05) is 30.6 Å². The molecule has 0 bridgehead atoms. The topological polar surface area (TPSA) is 57.6 Å². The number of halogens is 2. The van der Waals surface area contributed by atoms with E-state index in [0.29, 0.717) is 23.7 Å². The van der Waals surface area contributed by atoms with Crippen LogP contribution in [0, 0.1) is 12.8 Å². The van der Waals surface area contributed by atoms with Crippen LogP contribution in [0.1, 0.15) is 5.56 Å². The van der Waals surface area contributed by atoms with Crippen molar-refractivity contribution in [2.75, 3.05) is 19.7 Å². The molecule has 100 valence electrons. The third-order valence-corrected chi connectivity index (χ3v) is 5.72. The summed E-state index contributed by atoms with van der Waals surface area (Å²) in [5.41, 5.74) is 0.666. The maximum absolute atomic E-state index is 12.3. The van der Waals surface area contributed by atoms with Gasteiger partial charge in [0.25, 0.3) is 0 Å². The molecule has 1 aliphatic heterocycles. The van der Waals surface area contributed by atoms with E-state index in [-0.39, 0.29) is 22.4 Å². The van der Waals surface area contributed by atoms with E-state index in [1.807, 2.05) is 0 Å². The van der Waals surface area contributed by atoms with Crippen molar-refractivity contribution >= 4 is 33.2 Å². The van der Waals surface area contributed by atoms with Gasteiger partial charge in [-0.05, 0) is 24.6 Å². The first-order valence-electron chi connectivity index (χ1n) is 5.43. The van der Waals surface area contributed by atoms with Crippen molar-refractivity contribution in [1.29, 1.82) is 0 Å². The Bertz CT molecular complexity index is 568.